The number of methoxy groups -OCH3 is 1. The number of aromatic nitrogens is 2. The molecule has 0 spiro atoms. The molecule has 1 amide bonds. The fraction of sp³-hybridized carbons (Fsp3) is 0.250. The van der Waals surface area contributed by atoms with E-state index in [2.05, 4.69) is 15.0 Å². The molecule has 7 nitrogen and oxygen atoms in total. The SMILES string of the molecule is COC(=O)CCNC(=O)c1ccc(OCc2cn3cc(C)ccc3n2)cc1. The van der Waals surface area contributed by atoms with Gasteiger partial charge < -0.3 is 19.2 Å². The van der Waals surface area contributed by atoms with Crippen molar-refractivity contribution in [2.24, 2.45) is 0 Å². The van der Waals surface area contributed by atoms with Gasteiger partial charge in [-0.3, -0.25) is 9.59 Å². The predicted molar refractivity (Wildman–Crippen MR) is 99.7 cm³/mol. The number of fused-ring (bicyclic) bond motifs is 1. The predicted octanol–water partition coefficient (Wildman–Crippen LogP) is 2.51. The van der Waals surface area contributed by atoms with Crippen LogP contribution in [0.25, 0.3) is 5.65 Å². The van der Waals surface area contributed by atoms with Crippen LogP contribution in [0.3, 0.4) is 0 Å². The van der Waals surface area contributed by atoms with Crippen molar-refractivity contribution in [2.45, 2.75) is 20.0 Å². The highest BCUT2D eigenvalue weighted by molar-refractivity contribution is 5.94. The van der Waals surface area contributed by atoms with Crippen LogP contribution in [-0.4, -0.2) is 34.9 Å². The lowest BCUT2D eigenvalue weighted by Crippen LogP contribution is -2.26. The molecule has 7 heteroatoms. The topological polar surface area (TPSA) is 81.9 Å². The minimum Gasteiger partial charge on any atom is -0.487 e. The van der Waals surface area contributed by atoms with E-state index in [0.29, 0.717) is 17.9 Å². The quantitative estimate of drug-likeness (QED) is 0.649. The highest BCUT2D eigenvalue weighted by Crippen LogP contribution is 2.15. The fourth-order valence-corrected chi connectivity index (χ4v) is 2.57. The van der Waals surface area contributed by atoms with Gasteiger partial charge in [-0.05, 0) is 42.8 Å². The van der Waals surface area contributed by atoms with Crippen LogP contribution in [0, 0.1) is 6.92 Å². The van der Waals surface area contributed by atoms with Crippen molar-refractivity contribution in [1.82, 2.24) is 14.7 Å². The van der Waals surface area contributed by atoms with Crippen LogP contribution in [0.15, 0.2) is 48.8 Å². The molecule has 140 valence electrons. The van der Waals surface area contributed by atoms with E-state index in [-0.39, 0.29) is 24.8 Å². The average Bonchev–Trinajstić information content (AvgIpc) is 3.08. The number of ether oxygens (including phenoxy) is 2. The van der Waals surface area contributed by atoms with Crippen molar-refractivity contribution >= 4 is 17.5 Å². The summed E-state index contributed by atoms with van der Waals surface area (Å²) in [5, 5.41) is 2.67. The van der Waals surface area contributed by atoms with Gasteiger partial charge in [0.2, 0.25) is 0 Å². The minimum absolute atomic E-state index is 0.141. The summed E-state index contributed by atoms with van der Waals surface area (Å²) in [7, 11) is 1.32. The molecule has 2 heterocycles. The highest BCUT2D eigenvalue weighted by Gasteiger charge is 2.08. The Hall–Kier alpha value is -3.35. The first-order valence-electron chi connectivity index (χ1n) is 8.57. The molecule has 0 atom stereocenters. The normalized spacial score (nSPS) is 10.6. The number of aryl methyl sites for hydroxylation is 1. The summed E-state index contributed by atoms with van der Waals surface area (Å²) in [6.45, 7) is 2.60. The van der Waals surface area contributed by atoms with Crippen LogP contribution in [-0.2, 0) is 16.1 Å². The lowest BCUT2D eigenvalue weighted by molar-refractivity contribution is -0.140. The standard InChI is InChI=1S/C20H21N3O4/c1-14-3-8-18-22-16(12-23(18)11-14)13-27-17-6-4-15(5-7-17)20(25)21-10-9-19(24)26-2/h3-8,11-12H,9-10,13H2,1-2H3,(H,21,25). The molecule has 27 heavy (non-hydrogen) atoms. The summed E-state index contributed by atoms with van der Waals surface area (Å²) in [4.78, 5) is 27.6. The first kappa shape index (κ1) is 18.4. The van der Waals surface area contributed by atoms with E-state index in [1.165, 1.54) is 7.11 Å². The van der Waals surface area contributed by atoms with Crippen molar-refractivity contribution < 1.29 is 19.1 Å². The highest BCUT2D eigenvalue weighted by atomic mass is 16.5. The largest absolute Gasteiger partial charge is 0.487 e. The Balaban J connectivity index is 1.53. The van der Waals surface area contributed by atoms with Gasteiger partial charge in [0.15, 0.2) is 0 Å². The Labute approximate surface area is 156 Å². The zero-order valence-corrected chi connectivity index (χ0v) is 15.3. The molecule has 0 unspecified atom stereocenters. The third kappa shape index (κ3) is 4.84. The number of benzene rings is 1. The summed E-state index contributed by atoms with van der Waals surface area (Å²) < 4.78 is 12.2. The molecule has 1 aromatic carbocycles. The Bertz CT molecular complexity index is 948. The maximum atomic E-state index is 12.0. The minimum atomic E-state index is -0.360. The molecular weight excluding hydrogens is 346 g/mol. The van der Waals surface area contributed by atoms with Crippen LogP contribution in [0.1, 0.15) is 28.0 Å². The van der Waals surface area contributed by atoms with E-state index >= 15 is 0 Å². The number of imidazole rings is 1. The third-order valence-electron chi connectivity index (χ3n) is 3.99. The number of nitrogens with zero attached hydrogens (tertiary/aromatic N) is 2. The van der Waals surface area contributed by atoms with Crippen molar-refractivity contribution in [3.63, 3.8) is 0 Å². The van der Waals surface area contributed by atoms with E-state index in [1.807, 2.05) is 35.9 Å². The molecule has 0 aliphatic rings. The number of carbonyl (C=O) groups excluding carboxylic acids is 2. The van der Waals surface area contributed by atoms with Gasteiger partial charge >= 0.3 is 5.97 Å². The fourth-order valence-electron chi connectivity index (χ4n) is 2.57. The van der Waals surface area contributed by atoms with E-state index in [4.69, 9.17) is 4.74 Å². The van der Waals surface area contributed by atoms with Crippen LogP contribution in [0.4, 0.5) is 0 Å². The molecule has 0 saturated carbocycles. The van der Waals surface area contributed by atoms with E-state index in [1.54, 1.807) is 24.3 Å². The van der Waals surface area contributed by atoms with Crippen molar-refractivity contribution in [3.05, 3.63) is 65.6 Å². The van der Waals surface area contributed by atoms with Gasteiger partial charge in [-0.25, -0.2) is 4.98 Å². The smallest absolute Gasteiger partial charge is 0.307 e. The second-order valence-corrected chi connectivity index (χ2v) is 6.10. The third-order valence-corrected chi connectivity index (χ3v) is 3.99. The molecule has 0 radical (unpaired) electrons. The zero-order valence-electron chi connectivity index (χ0n) is 15.3. The van der Waals surface area contributed by atoms with Crippen LogP contribution in [0.5, 0.6) is 5.75 Å². The van der Waals surface area contributed by atoms with Gasteiger partial charge in [-0.1, -0.05) is 6.07 Å². The van der Waals surface area contributed by atoms with Gasteiger partial charge in [0.05, 0.1) is 19.2 Å². The number of hydrogen-bond donors (Lipinski definition) is 1. The Morgan fingerprint density at radius 2 is 1.89 bits per heavy atom. The van der Waals surface area contributed by atoms with Crippen molar-refractivity contribution in [2.75, 3.05) is 13.7 Å². The van der Waals surface area contributed by atoms with Crippen molar-refractivity contribution in [1.29, 1.82) is 0 Å². The van der Waals surface area contributed by atoms with Gasteiger partial charge in [0.25, 0.3) is 5.91 Å². The molecule has 3 aromatic rings. The van der Waals surface area contributed by atoms with E-state index in [0.717, 1.165) is 16.9 Å². The number of carbonyl (C=O) groups is 2. The maximum Gasteiger partial charge on any atom is 0.307 e. The molecule has 1 N–H and O–H groups in total. The monoisotopic (exact) mass is 367 g/mol. The Morgan fingerprint density at radius 1 is 1.11 bits per heavy atom. The van der Waals surface area contributed by atoms with E-state index < -0.39 is 0 Å². The van der Waals surface area contributed by atoms with Crippen LogP contribution >= 0.6 is 0 Å². The number of nitrogens with one attached hydrogen (secondary N) is 1. The zero-order chi connectivity index (χ0) is 19.2. The molecule has 0 saturated heterocycles. The van der Waals surface area contributed by atoms with Gasteiger partial charge in [-0.2, -0.15) is 0 Å². The first-order chi connectivity index (χ1) is 13.0. The summed E-state index contributed by atoms with van der Waals surface area (Å²) in [5.74, 6) is 0.0386. The molecule has 0 bridgehead atoms. The molecule has 0 fully saturated rings. The van der Waals surface area contributed by atoms with Crippen molar-refractivity contribution in [3.8, 4) is 5.75 Å². The second-order valence-electron chi connectivity index (χ2n) is 6.10. The summed E-state index contributed by atoms with van der Waals surface area (Å²) >= 11 is 0. The number of hydrogen-bond acceptors (Lipinski definition) is 5. The number of amides is 1. The van der Waals surface area contributed by atoms with Crippen LogP contribution in [0.2, 0.25) is 0 Å². The lowest BCUT2D eigenvalue weighted by atomic mass is 10.2. The molecule has 0 aliphatic heterocycles. The van der Waals surface area contributed by atoms with E-state index in [9.17, 15) is 9.59 Å². The number of pyridine rings is 1. The van der Waals surface area contributed by atoms with Gasteiger partial charge in [0, 0.05) is 24.5 Å². The first-order valence-corrected chi connectivity index (χ1v) is 8.57. The molecule has 2 aromatic heterocycles. The molecule has 3 rings (SSSR count). The lowest BCUT2D eigenvalue weighted by Gasteiger charge is -2.07. The molecular formula is C20H21N3O4. The maximum absolute atomic E-state index is 12.0. The summed E-state index contributed by atoms with van der Waals surface area (Å²) in [5.41, 5.74) is 3.35. The summed E-state index contributed by atoms with van der Waals surface area (Å²) in [6.07, 6.45) is 4.09. The second kappa shape index (κ2) is 8.35. The van der Waals surface area contributed by atoms with Crippen LogP contribution < -0.4 is 10.1 Å². The number of esters is 1. The van der Waals surface area contributed by atoms with Gasteiger partial charge in [-0.15, -0.1) is 0 Å². The average molecular weight is 367 g/mol. The Morgan fingerprint density at radius 3 is 2.63 bits per heavy atom. The molecule has 0 aliphatic carbocycles. The Kier molecular flexibility index (Phi) is 5.71. The number of rotatable bonds is 7. The summed E-state index contributed by atoms with van der Waals surface area (Å²) in [6, 6.07) is 10.8. The van der Waals surface area contributed by atoms with Gasteiger partial charge in [0.1, 0.15) is 18.0 Å².